The first-order chi connectivity index (χ1) is 16.4. The molecule has 2 amide bonds. The van der Waals surface area contributed by atoms with Gasteiger partial charge in [-0.1, -0.05) is 54.1 Å². The van der Waals surface area contributed by atoms with Crippen LogP contribution in [-0.4, -0.2) is 23.2 Å². The quantitative estimate of drug-likeness (QED) is 0.344. The fraction of sp³-hybridized carbons (Fsp3) is 0.154. The monoisotopic (exact) mass is 497 g/mol. The van der Waals surface area contributed by atoms with Crippen LogP contribution in [0.2, 0.25) is 5.02 Å². The van der Waals surface area contributed by atoms with E-state index in [0.29, 0.717) is 28.7 Å². The molecule has 0 unspecified atom stereocenters. The van der Waals surface area contributed by atoms with E-state index in [2.05, 4.69) is 0 Å². The molecular formula is C26H21ClFNO4S. The number of carbonyl (C=O) groups is 2. The van der Waals surface area contributed by atoms with Crippen molar-refractivity contribution in [1.82, 2.24) is 4.90 Å². The number of amides is 2. The number of imide groups is 1. The Morgan fingerprint density at radius 2 is 1.76 bits per heavy atom. The molecule has 1 saturated heterocycles. The van der Waals surface area contributed by atoms with Gasteiger partial charge >= 0.3 is 0 Å². The molecule has 0 atom stereocenters. The third kappa shape index (κ3) is 5.11. The van der Waals surface area contributed by atoms with Crippen LogP contribution in [-0.2, 0) is 17.9 Å². The van der Waals surface area contributed by atoms with Crippen LogP contribution in [0, 0.1) is 12.7 Å². The number of thioether (sulfide) groups is 1. The van der Waals surface area contributed by atoms with Crippen molar-refractivity contribution in [2.75, 3.05) is 7.11 Å². The van der Waals surface area contributed by atoms with E-state index in [1.165, 1.54) is 13.2 Å². The highest BCUT2D eigenvalue weighted by Crippen LogP contribution is 2.39. The van der Waals surface area contributed by atoms with Crippen LogP contribution in [0.5, 0.6) is 11.5 Å². The standard InChI is InChI=1S/C26H21ClFNO4S/c1-16-7-3-4-9-19(16)15-33-24-20(27)11-17(12-22(24)32-2)13-23-25(30)29(26(31)34-23)14-18-8-5-6-10-21(18)28/h3-13H,14-15H2,1-2H3/b23-13-. The molecule has 4 rings (SSSR count). The maximum atomic E-state index is 14.0. The minimum absolute atomic E-state index is 0.134. The van der Waals surface area contributed by atoms with Crippen molar-refractivity contribution in [3.8, 4) is 11.5 Å². The number of nitrogens with zero attached hydrogens (tertiary/aromatic N) is 1. The third-order valence-corrected chi connectivity index (χ3v) is 6.53. The molecule has 5 nitrogen and oxygen atoms in total. The van der Waals surface area contributed by atoms with Gasteiger partial charge in [0, 0.05) is 5.56 Å². The smallest absolute Gasteiger partial charge is 0.293 e. The minimum atomic E-state index is -0.492. The molecule has 1 heterocycles. The Hall–Kier alpha value is -3.29. The lowest BCUT2D eigenvalue weighted by Gasteiger charge is -2.14. The number of benzene rings is 3. The van der Waals surface area contributed by atoms with Gasteiger partial charge in [-0.2, -0.15) is 0 Å². The molecule has 1 aliphatic rings. The Morgan fingerprint density at radius 1 is 1.06 bits per heavy atom. The van der Waals surface area contributed by atoms with Crippen molar-refractivity contribution in [3.05, 3.63) is 98.7 Å². The Balaban J connectivity index is 1.55. The SMILES string of the molecule is COc1cc(/C=C2\SC(=O)N(Cc3ccccc3F)C2=O)cc(Cl)c1OCc1ccccc1C. The van der Waals surface area contributed by atoms with Gasteiger partial charge in [0.05, 0.1) is 23.6 Å². The first kappa shape index (κ1) is 23.9. The first-order valence-electron chi connectivity index (χ1n) is 10.4. The van der Waals surface area contributed by atoms with Gasteiger partial charge in [0.15, 0.2) is 11.5 Å². The summed E-state index contributed by atoms with van der Waals surface area (Å²) in [6, 6.07) is 17.2. The van der Waals surface area contributed by atoms with Crippen LogP contribution in [0.1, 0.15) is 22.3 Å². The number of ether oxygens (including phenoxy) is 2. The van der Waals surface area contributed by atoms with E-state index in [9.17, 15) is 14.0 Å². The highest BCUT2D eigenvalue weighted by Gasteiger charge is 2.35. The molecule has 34 heavy (non-hydrogen) atoms. The highest BCUT2D eigenvalue weighted by atomic mass is 35.5. The van der Waals surface area contributed by atoms with Gasteiger partial charge in [-0.05, 0) is 59.7 Å². The summed E-state index contributed by atoms with van der Waals surface area (Å²) in [4.78, 5) is 26.5. The van der Waals surface area contributed by atoms with Gasteiger partial charge < -0.3 is 9.47 Å². The molecule has 0 radical (unpaired) electrons. The molecule has 1 fully saturated rings. The van der Waals surface area contributed by atoms with Gasteiger partial charge in [-0.25, -0.2) is 4.39 Å². The van der Waals surface area contributed by atoms with Crippen LogP contribution in [0.3, 0.4) is 0 Å². The molecule has 0 saturated carbocycles. The molecule has 3 aromatic carbocycles. The summed E-state index contributed by atoms with van der Waals surface area (Å²) in [5.74, 6) is -0.174. The van der Waals surface area contributed by atoms with Crippen molar-refractivity contribution in [1.29, 1.82) is 0 Å². The lowest BCUT2D eigenvalue weighted by Crippen LogP contribution is -2.27. The molecule has 0 spiro atoms. The van der Waals surface area contributed by atoms with Crippen molar-refractivity contribution in [2.24, 2.45) is 0 Å². The van der Waals surface area contributed by atoms with E-state index in [1.54, 1.807) is 36.4 Å². The van der Waals surface area contributed by atoms with Gasteiger partial charge in [0.1, 0.15) is 12.4 Å². The zero-order valence-corrected chi connectivity index (χ0v) is 20.1. The Bertz CT molecular complexity index is 1290. The fourth-order valence-electron chi connectivity index (χ4n) is 3.47. The van der Waals surface area contributed by atoms with Crippen LogP contribution in [0.15, 0.2) is 65.6 Å². The second-order valence-corrected chi connectivity index (χ2v) is 9.01. The van der Waals surface area contributed by atoms with Crippen LogP contribution in [0.4, 0.5) is 9.18 Å². The van der Waals surface area contributed by atoms with E-state index in [0.717, 1.165) is 27.8 Å². The topological polar surface area (TPSA) is 55.8 Å². The molecule has 3 aromatic rings. The maximum absolute atomic E-state index is 14.0. The fourth-order valence-corrected chi connectivity index (χ4v) is 4.58. The van der Waals surface area contributed by atoms with E-state index in [4.69, 9.17) is 21.1 Å². The number of methoxy groups -OCH3 is 1. The zero-order valence-electron chi connectivity index (χ0n) is 18.5. The summed E-state index contributed by atoms with van der Waals surface area (Å²) in [5, 5.41) is -0.152. The van der Waals surface area contributed by atoms with Gasteiger partial charge in [-0.3, -0.25) is 14.5 Å². The molecule has 0 N–H and O–H groups in total. The zero-order chi connectivity index (χ0) is 24.2. The van der Waals surface area contributed by atoms with E-state index >= 15 is 0 Å². The number of hydrogen-bond acceptors (Lipinski definition) is 5. The lowest BCUT2D eigenvalue weighted by molar-refractivity contribution is -0.123. The molecule has 174 valence electrons. The first-order valence-corrected chi connectivity index (χ1v) is 11.6. The predicted molar refractivity (Wildman–Crippen MR) is 131 cm³/mol. The van der Waals surface area contributed by atoms with Crippen molar-refractivity contribution >= 4 is 40.6 Å². The maximum Gasteiger partial charge on any atom is 0.293 e. The summed E-state index contributed by atoms with van der Waals surface area (Å²) < 4.78 is 25.4. The second kappa shape index (κ2) is 10.3. The molecular weight excluding hydrogens is 477 g/mol. The Labute approximate surface area is 206 Å². The predicted octanol–water partition coefficient (Wildman–Crippen LogP) is 6.61. The third-order valence-electron chi connectivity index (χ3n) is 5.34. The summed E-state index contributed by atoms with van der Waals surface area (Å²) in [6.07, 6.45) is 1.56. The number of halogens is 2. The molecule has 1 aliphatic heterocycles. The Morgan fingerprint density at radius 3 is 2.47 bits per heavy atom. The van der Waals surface area contributed by atoms with Crippen molar-refractivity contribution in [2.45, 2.75) is 20.1 Å². The molecule has 0 bridgehead atoms. The van der Waals surface area contributed by atoms with Gasteiger partial charge in [0.2, 0.25) is 0 Å². The summed E-state index contributed by atoms with van der Waals surface area (Å²) in [5.41, 5.74) is 2.96. The molecule has 8 heteroatoms. The highest BCUT2D eigenvalue weighted by molar-refractivity contribution is 8.18. The average Bonchev–Trinajstić information content (AvgIpc) is 3.07. The van der Waals surface area contributed by atoms with E-state index < -0.39 is 17.0 Å². The minimum Gasteiger partial charge on any atom is -0.493 e. The summed E-state index contributed by atoms with van der Waals surface area (Å²) >= 11 is 7.27. The molecule has 0 aromatic heterocycles. The Kier molecular flexibility index (Phi) is 7.24. The number of aryl methyl sites for hydroxylation is 1. The largest absolute Gasteiger partial charge is 0.493 e. The van der Waals surface area contributed by atoms with Crippen molar-refractivity contribution in [3.63, 3.8) is 0 Å². The van der Waals surface area contributed by atoms with E-state index in [-0.39, 0.29) is 17.0 Å². The summed E-state index contributed by atoms with van der Waals surface area (Å²) in [7, 11) is 1.50. The molecule has 0 aliphatic carbocycles. The normalized spacial score (nSPS) is 14.7. The number of hydrogen-bond donors (Lipinski definition) is 0. The second-order valence-electron chi connectivity index (χ2n) is 7.61. The number of carbonyl (C=O) groups excluding carboxylic acids is 2. The van der Waals surface area contributed by atoms with Crippen LogP contribution in [0.25, 0.3) is 6.08 Å². The lowest BCUT2D eigenvalue weighted by atomic mass is 10.1. The summed E-state index contributed by atoms with van der Waals surface area (Å²) in [6.45, 7) is 2.18. The van der Waals surface area contributed by atoms with E-state index in [1.807, 2.05) is 31.2 Å². The average molecular weight is 498 g/mol. The number of rotatable bonds is 7. The van der Waals surface area contributed by atoms with Gasteiger partial charge in [-0.15, -0.1) is 0 Å². The van der Waals surface area contributed by atoms with Gasteiger partial charge in [0.25, 0.3) is 11.1 Å². The van der Waals surface area contributed by atoms with Crippen LogP contribution < -0.4 is 9.47 Å². The van der Waals surface area contributed by atoms with Crippen LogP contribution >= 0.6 is 23.4 Å². The van der Waals surface area contributed by atoms with Crippen molar-refractivity contribution < 1.29 is 23.5 Å².